The Balaban J connectivity index is 0. The third kappa shape index (κ3) is 11.5. The van der Waals surface area contributed by atoms with Crippen molar-refractivity contribution < 1.29 is 131 Å². The quantitative estimate of drug-likeness (QED) is 0.212. The fourth-order valence-electron chi connectivity index (χ4n) is 2.57. The molecule has 38 heavy (non-hydrogen) atoms. The van der Waals surface area contributed by atoms with Gasteiger partial charge in [-0.15, -0.1) is 0 Å². The summed E-state index contributed by atoms with van der Waals surface area (Å²) in [7, 11) is 0. The van der Waals surface area contributed by atoms with Crippen molar-refractivity contribution in [2.24, 2.45) is 0 Å². The Morgan fingerprint density at radius 1 is 0.316 bits per heavy atom. The fraction of sp³-hybridized carbons (Fsp3) is 0. The van der Waals surface area contributed by atoms with Crippen LogP contribution in [0.4, 0.5) is 0 Å². The van der Waals surface area contributed by atoms with Crippen LogP contribution in [0.2, 0.25) is 0 Å². The maximum Gasteiger partial charge on any atom is 0.336 e. The van der Waals surface area contributed by atoms with Crippen LogP contribution in [0.25, 0.3) is 0 Å². The summed E-state index contributed by atoms with van der Waals surface area (Å²) >= 11 is 0. The predicted octanol–water partition coefficient (Wildman–Crippen LogP) is 3.25. The van der Waals surface area contributed by atoms with Crippen LogP contribution < -0.4 is 0 Å². The number of hydrogen-bond donors (Lipinski definition) is 6. The number of carboxylic acids is 6. The molecule has 0 saturated heterocycles. The molecule has 0 aliphatic carbocycles. The van der Waals surface area contributed by atoms with Gasteiger partial charge in [-0.25, -0.2) is 28.8 Å². The molecule has 192 valence electrons. The van der Waals surface area contributed by atoms with E-state index in [1.165, 1.54) is 72.8 Å². The normalized spacial score (nSPS) is 8.84. The van der Waals surface area contributed by atoms with E-state index in [1.807, 2.05) is 0 Å². The summed E-state index contributed by atoms with van der Waals surface area (Å²) < 4.78 is 0. The maximum atomic E-state index is 10.5. The molecule has 3 aromatic carbocycles. The van der Waals surface area contributed by atoms with Crippen molar-refractivity contribution >= 4 is 35.8 Å². The van der Waals surface area contributed by atoms with E-state index in [0.717, 1.165) is 0 Å². The Morgan fingerprint density at radius 3 is 0.500 bits per heavy atom. The smallest absolute Gasteiger partial charge is 0.336 e. The van der Waals surface area contributed by atoms with Gasteiger partial charge in [-0.1, -0.05) is 36.4 Å². The average Bonchev–Trinajstić information content (AvgIpc) is 2.84. The second-order valence-corrected chi connectivity index (χ2v) is 6.47. The molecule has 3 aromatic rings. The standard InChI is InChI=1S/3C8H6O4.2La/c3*9-7(10)5-3-1-2-4-6(5)8(11)12;;/h3*1-4H,(H,9,10)(H,11,12);;. The first kappa shape index (κ1) is 37.0. The second kappa shape index (κ2) is 18.2. The van der Waals surface area contributed by atoms with Crippen molar-refractivity contribution in [3.63, 3.8) is 0 Å². The van der Waals surface area contributed by atoms with E-state index in [9.17, 15) is 28.8 Å². The first-order valence-corrected chi connectivity index (χ1v) is 9.55. The monoisotopic (exact) mass is 776 g/mol. The van der Waals surface area contributed by atoms with E-state index in [0.29, 0.717) is 0 Å². The molecule has 0 atom stereocenters. The van der Waals surface area contributed by atoms with E-state index in [1.54, 1.807) is 0 Å². The molecule has 0 amide bonds. The Labute approximate surface area is 270 Å². The summed E-state index contributed by atoms with van der Waals surface area (Å²) in [4.78, 5) is 62.8. The fourth-order valence-corrected chi connectivity index (χ4v) is 2.57. The van der Waals surface area contributed by atoms with Gasteiger partial charge < -0.3 is 30.6 Å². The molecule has 0 aromatic heterocycles. The van der Waals surface area contributed by atoms with Gasteiger partial charge in [0.25, 0.3) is 0 Å². The molecule has 0 aliphatic rings. The van der Waals surface area contributed by atoms with E-state index in [2.05, 4.69) is 0 Å². The van der Waals surface area contributed by atoms with Crippen LogP contribution in [0, 0.1) is 71.2 Å². The molecule has 0 saturated carbocycles. The van der Waals surface area contributed by atoms with E-state index in [4.69, 9.17) is 30.6 Å². The Kier molecular flexibility index (Phi) is 17.7. The van der Waals surface area contributed by atoms with Crippen LogP contribution in [0.15, 0.2) is 72.8 Å². The summed E-state index contributed by atoms with van der Waals surface area (Å²) in [5, 5.41) is 51.3. The van der Waals surface area contributed by atoms with Gasteiger partial charge in [0, 0.05) is 71.2 Å². The van der Waals surface area contributed by atoms with Crippen LogP contribution >= 0.6 is 0 Å². The summed E-state index contributed by atoms with van der Waals surface area (Å²) in [5.41, 5.74) is -1.14. The van der Waals surface area contributed by atoms with Gasteiger partial charge >= 0.3 is 35.8 Å². The predicted molar refractivity (Wildman–Crippen MR) is 121 cm³/mol. The van der Waals surface area contributed by atoms with E-state index < -0.39 is 35.8 Å². The van der Waals surface area contributed by atoms with Crippen molar-refractivity contribution in [2.75, 3.05) is 0 Å². The number of carboxylic acid groups (broad SMARTS) is 6. The van der Waals surface area contributed by atoms with Gasteiger partial charge in [0.1, 0.15) is 0 Å². The molecular weight excluding hydrogens is 758 g/mol. The molecule has 0 spiro atoms. The third-order valence-corrected chi connectivity index (χ3v) is 4.16. The molecule has 6 N–H and O–H groups in total. The van der Waals surface area contributed by atoms with Crippen LogP contribution in [0.3, 0.4) is 0 Å². The Bertz CT molecular complexity index is 1060. The minimum absolute atomic E-state index is 0. The molecule has 0 bridgehead atoms. The zero-order chi connectivity index (χ0) is 27.4. The Hall–Kier alpha value is -3.13. The topological polar surface area (TPSA) is 224 Å². The zero-order valence-corrected chi connectivity index (χ0v) is 26.5. The summed E-state index contributed by atoms with van der Waals surface area (Å²) in [6, 6.07) is 16.4. The molecule has 0 fully saturated rings. The molecule has 14 heteroatoms. The molecular formula is C24H18La2O12. The Morgan fingerprint density at radius 2 is 0.421 bits per heavy atom. The average molecular weight is 776 g/mol. The summed E-state index contributed by atoms with van der Waals surface area (Å²) in [6.45, 7) is 0. The van der Waals surface area contributed by atoms with Crippen molar-refractivity contribution in [1.29, 1.82) is 0 Å². The van der Waals surface area contributed by atoms with Crippen LogP contribution in [-0.2, 0) is 0 Å². The number of hydrogen-bond acceptors (Lipinski definition) is 6. The summed E-state index contributed by atoms with van der Waals surface area (Å²) in [6.07, 6.45) is 0. The molecule has 0 aliphatic heterocycles. The van der Waals surface area contributed by atoms with Crippen molar-refractivity contribution in [3.8, 4) is 0 Å². The van der Waals surface area contributed by atoms with Gasteiger partial charge in [0.15, 0.2) is 0 Å². The van der Waals surface area contributed by atoms with Gasteiger partial charge in [-0.05, 0) is 36.4 Å². The molecule has 0 unspecified atom stereocenters. The first-order chi connectivity index (χ1) is 16.9. The minimum Gasteiger partial charge on any atom is -0.478 e. The van der Waals surface area contributed by atoms with Gasteiger partial charge in [-0.2, -0.15) is 0 Å². The van der Waals surface area contributed by atoms with E-state index >= 15 is 0 Å². The van der Waals surface area contributed by atoms with Gasteiger partial charge in [0.05, 0.1) is 33.4 Å². The van der Waals surface area contributed by atoms with Gasteiger partial charge in [-0.3, -0.25) is 0 Å². The van der Waals surface area contributed by atoms with Crippen LogP contribution in [-0.4, -0.2) is 66.5 Å². The van der Waals surface area contributed by atoms with Crippen LogP contribution in [0.5, 0.6) is 0 Å². The molecule has 0 heterocycles. The number of carbonyl (C=O) groups is 6. The largest absolute Gasteiger partial charge is 0.478 e. The SMILES string of the molecule is O=C(O)c1ccccc1C(=O)O.O=C(O)c1ccccc1C(=O)O.O=C(O)c1ccccc1C(=O)O.[La].[La]. The zero-order valence-electron chi connectivity index (χ0n) is 19.2. The molecule has 2 radical (unpaired) electrons. The molecule has 3 rings (SSSR count). The van der Waals surface area contributed by atoms with Crippen molar-refractivity contribution in [3.05, 3.63) is 106 Å². The number of benzene rings is 3. The summed E-state index contributed by atoms with van der Waals surface area (Å²) in [5.74, 6) is -7.37. The number of rotatable bonds is 6. The van der Waals surface area contributed by atoms with E-state index in [-0.39, 0.29) is 105 Å². The van der Waals surface area contributed by atoms with Crippen molar-refractivity contribution in [1.82, 2.24) is 0 Å². The van der Waals surface area contributed by atoms with Crippen molar-refractivity contribution in [2.45, 2.75) is 0 Å². The number of aromatic carboxylic acids is 6. The third-order valence-electron chi connectivity index (χ3n) is 4.16. The van der Waals surface area contributed by atoms with Crippen LogP contribution in [0.1, 0.15) is 62.1 Å². The first-order valence-electron chi connectivity index (χ1n) is 9.55. The maximum absolute atomic E-state index is 10.5. The minimum atomic E-state index is -1.23. The molecule has 12 nitrogen and oxygen atoms in total. The second-order valence-electron chi connectivity index (χ2n) is 6.47. The van der Waals surface area contributed by atoms with Gasteiger partial charge in [0.2, 0.25) is 0 Å².